The fraction of sp³-hybridized carbons (Fsp3) is 0.161. The van der Waals surface area contributed by atoms with Crippen LogP contribution in [0.2, 0.25) is 0 Å². The van der Waals surface area contributed by atoms with Gasteiger partial charge in [-0.2, -0.15) is 0 Å². The lowest BCUT2D eigenvalue weighted by Gasteiger charge is -2.15. The summed E-state index contributed by atoms with van der Waals surface area (Å²) >= 11 is 1.26. The molecule has 210 valence electrons. The maximum absolute atomic E-state index is 13.8. The van der Waals surface area contributed by atoms with E-state index in [9.17, 15) is 18.8 Å². The minimum atomic E-state index is -0.586. The van der Waals surface area contributed by atoms with Crippen LogP contribution in [0.4, 0.5) is 15.8 Å². The van der Waals surface area contributed by atoms with Crippen molar-refractivity contribution >= 4 is 46.0 Å². The molecule has 4 rings (SSSR count). The van der Waals surface area contributed by atoms with Crippen molar-refractivity contribution in [3.63, 3.8) is 0 Å². The number of furan rings is 1. The van der Waals surface area contributed by atoms with Crippen LogP contribution < -0.4 is 10.6 Å². The van der Waals surface area contributed by atoms with Crippen molar-refractivity contribution in [1.29, 1.82) is 0 Å². The Hall–Kier alpha value is -4.70. The number of allylic oxidation sites excluding steroid dienone is 4. The van der Waals surface area contributed by atoms with E-state index in [0.717, 1.165) is 5.57 Å². The molecule has 2 heterocycles. The van der Waals surface area contributed by atoms with Crippen LogP contribution in [0.3, 0.4) is 0 Å². The van der Waals surface area contributed by atoms with Crippen molar-refractivity contribution < 1.29 is 23.2 Å². The molecule has 3 amide bonds. The number of benzene rings is 2. The molecule has 0 saturated carbocycles. The van der Waals surface area contributed by atoms with Gasteiger partial charge in [0, 0.05) is 5.69 Å². The molecule has 1 aromatic heterocycles. The van der Waals surface area contributed by atoms with Gasteiger partial charge in [-0.1, -0.05) is 60.8 Å². The molecule has 10 heteroatoms. The number of rotatable bonds is 11. The van der Waals surface area contributed by atoms with Crippen LogP contribution in [-0.2, 0) is 20.9 Å². The van der Waals surface area contributed by atoms with Crippen LogP contribution in [-0.4, -0.2) is 34.3 Å². The number of anilines is 1. The number of amides is 3. The molecule has 0 bridgehead atoms. The van der Waals surface area contributed by atoms with E-state index in [1.807, 2.05) is 13.0 Å². The van der Waals surface area contributed by atoms with Gasteiger partial charge < -0.3 is 15.1 Å². The highest BCUT2D eigenvalue weighted by Crippen LogP contribution is 2.41. The normalized spacial score (nSPS) is 16.4. The largest absolute Gasteiger partial charge is 0.467 e. The summed E-state index contributed by atoms with van der Waals surface area (Å²) in [6, 6.07) is 16.3. The van der Waals surface area contributed by atoms with Gasteiger partial charge in [-0.3, -0.25) is 19.3 Å². The zero-order valence-electron chi connectivity index (χ0n) is 22.4. The molecule has 1 aliphatic rings. The summed E-state index contributed by atoms with van der Waals surface area (Å²) in [5.41, 5.74) is 2.44. The van der Waals surface area contributed by atoms with Gasteiger partial charge in [-0.25, -0.2) is 9.38 Å². The fourth-order valence-electron chi connectivity index (χ4n) is 3.93. The number of amidine groups is 1. The van der Waals surface area contributed by atoms with E-state index >= 15 is 0 Å². The van der Waals surface area contributed by atoms with E-state index in [1.165, 1.54) is 35.1 Å². The average molecular weight is 573 g/mol. The second-order valence-corrected chi connectivity index (χ2v) is 10.0. The molecule has 2 aromatic carbocycles. The lowest BCUT2D eigenvalue weighted by molar-refractivity contribution is -0.126. The molecule has 0 spiro atoms. The van der Waals surface area contributed by atoms with Crippen LogP contribution in [0.5, 0.6) is 0 Å². The number of hydrogen-bond donors (Lipinski definition) is 2. The SMILES string of the molecule is C=C/C=C\C(=C/C)CC(=O)NCC(=O)Nc1ccc(C2SC(=Nc3cccc(F)c3)N(Cc3ccco3)C2=O)cc1. The topological polar surface area (TPSA) is 104 Å². The highest BCUT2D eigenvalue weighted by molar-refractivity contribution is 8.15. The van der Waals surface area contributed by atoms with Gasteiger partial charge in [0.2, 0.25) is 17.7 Å². The van der Waals surface area contributed by atoms with E-state index in [4.69, 9.17) is 4.42 Å². The Morgan fingerprint density at radius 1 is 1.15 bits per heavy atom. The van der Waals surface area contributed by atoms with E-state index in [1.54, 1.807) is 66.8 Å². The third-order valence-corrected chi connectivity index (χ3v) is 7.23. The zero-order chi connectivity index (χ0) is 29.2. The van der Waals surface area contributed by atoms with E-state index in [2.05, 4.69) is 22.2 Å². The summed E-state index contributed by atoms with van der Waals surface area (Å²) in [6.45, 7) is 5.44. The molecule has 1 unspecified atom stereocenters. The Bertz CT molecular complexity index is 1500. The van der Waals surface area contributed by atoms with Gasteiger partial charge in [-0.05, 0) is 60.5 Å². The molecule has 3 aromatic rings. The Labute approximate surface area is 241 Å². The predicted octanol–water partition coefficient (Wildman–Crippen LogP) is 6.06. The van der Waals surface area contributed by atoms with Gasteiger partial charge in [0.05, 0.1) is 31.5 Å². The summed E-state index contributed by atoms with van der Waals surface area (Å²) in [6.07, 6.45) is 8.65. The molecular weight excluding hydrogens is 543 g/mol. The molecular formula is C31H29FN4O4S. The number of thioether (sulfide) groups is 1. The standard InChI is InChI=1S/C31H29FN4O4S/c1-3-5-8-21(4-2)17-27(37)33-19-28(38)34-24-14-12-22(13-15-24)29-30(39)36(20-26-11-7-16-40-26)31(41-29)35-25-10-6-9-23(32)18-25/h3-16,18,29H,1,17,19-20H2,2H3,(H,33,37)(H,34,38)/b8-5-,21-4+,35-31?. The van der Waals surface area contributed by atoms with Crippen molar-refractivity contribution in [2.75, 3.05) is 11.9 Å². The first kappa shape index (κ1) is 29.3. The maximum atomic E-state index is 13.8. The van der Waals surface area contributed by atoms with Gasteiger partial charge in [0.1, 0.15) is 16.8 Å². The first-order valence-corrected chi connectivity index (χ1v) is 13.7. The number of aliphatic imine (C=N–C) groups is 1. The average Bonchev–Trinajstić information content (AvgIpc) is 3.59. The van der Waals surface area contributed by atoms with Crippen molar-refractivity contribution in [3.8, 4) is 0 Å². The second kappa shape index (κ2) is 14.1. The first-order chi connectivity index (χ1) is 19.9. The lowest BCUT2D eigenvalue weighted by atomic mass is 10.1. The highest BCUT2D eigenvalue weighted by Gasteiger charge is 2.39. The second-order valence-electron chi connectivity index (χ2n) is 8.96. The molecule has 1 fully saturated rings. The summed E-state index contributed by atoms with van der Waals surface area (Å²) < 4.78 is 19.2. The summed E-state index contributed by atoms with van der Waals surface area (Å²) in [5, 5.41) is 5.19. The van der Waals surface area contributed by atoms with E-state index < -0.39 is 11.1 Å². The van der Waals surface area contributed by atoms with Crippen LogP contribution in [0.1, 0.15) is 29.9 Å². The first-order valence-electron chi connectivity index (χ1n) is 12.8. The van der Waals surface area contributed by atoms with Crippen LogP contribution in [0.15, 0.2) is 113 Å². The van der Waals surface area contributed by atoms with Gasteiger partial charge in [-0.15, -0.1) is 0 Å². The minimum absolute atomic E-state index is 0.150. The van der Waals surface area contributed by atoms with Crippen LogP contribution >= 0.6 is 11.8 Å². The van der Waals surface area contributed by atoms with Crippen LogP contribution in [0.25, 0.3) is 0 Å². The van der Waals surface area contributed by atoms with Gasteiger partial charge >= 0.3 is 0 Å². The quantitative estimate of drug-likeness (QED) is 0.272. The molecule has 1 saturated heterocycles. The van der Waals surface area contributed by atoms with E-state index in [-0.39, 0.29) is 37.2 Å². The predicted molar refractivity (Wildman–Crippen MR) is 159 cm³/mol. The van der Waals surface area contributed by atoms with Crippen molar-refractivity contribution in [2.45, 2.75) is 25.1 Å². The van der Waals surface area contributed by atoms with Gasteiger partial charge in [0.15, 0.2) is 5.17 Å². The summed E-state index contributed by atoms with van der Waals surface area (Å²) in [7, 11) is 0. The Kier molecular flexibility index (Phi) is 10.1. The number of halogens is 1. The van der Waals surface area contributed by atoms with Crippen molar-refractivity contribution in [1.82, 2.24) is 10.2 Å². The third-order valence-electron chi connectivity index (χ3n) is 6.00. The summed E-state index contributed by atoms with van der Waals surface area (Å²) in [4.78, 5) is 44.1. The smallest absolute Gasteiger partial charge is 0.247 e. The van der Waals surface area contributed by atoms with Crippen molar-refractivity contribution in [2.24, 2.45) is 4.99 Å². The highest BCUT2D eigenvalue weighted by atomic mass is 32.2. The molecule has 1 atom stereocenters. The fourth-order valence-corrected chi connectivity index (χ4v) is 5.11. The monoisotopic (exact) mass is 572 g/mol. The molecule has 8 nitrogen and oxygen atoms in total. The number of nitrogens with one attached hydrogen (secondary N) is 2. The number of hydrogen-bond acceptors (Lipinski definition) is 6. The molecule has 0 radical (unpaired) electrons. The Balaban J connectivity index is 1.40. The van der Waals surface area contributed by atoms with E-state index in [0.29, 0.717) is 27.9 Å². The minimum Gasteiger partial charge on any atom is -0.467 e. The molecule has 0 aliphatic carbocycles. The number of carbonyl (C=O) groups excluding carboxylic acids is 3. The maximum Gasteiger partial charge on any atom is 0.247 e. The lowest BCUT2D eigenvalue weighted by Crippen LogP contribution is -2.32. The third kappa shape index (κ3) is 8.15. The molecule has 1 aliphatic heterocycles. The Morgan fingerprint density at radius 2 is 1.95 bits per heavy atom. The number of nitrogens with zero attached hydrogens (tertiary/aromatic N) is 2. The molecule has 41 heavy (non-hydrogen) atoms. The van der Waals surface area contributed by atoms with Crippen LogP contribution in [0, 0.1) is 5.82 Å². The van der Waals surface area contributed by atoms with Crippen molar-refractivity contribution in [3.05, 3.63) is 121 Å². The van der Waals surface area contributed by atoms with Gasteiger partial charge in [0.25, 0.3) is 0 Å². The molecule has 2 N–H and O–H groups in total. The zero-order valence-corrected chi connectivity index (χ0v) is 23.2. The summed E-state index contributed by atoms with van der Waals surface area (Å²) in [5.74, 6) is -0.675. The Morgan fingerprint density at radius 3 is 2.63 bits per heavy atom. The number of carbonyl (C=O) groups is 3.